The number of carbonyl (C=O) groups excluding carboxylic acids is 3. The first-order valence-electron chi connectivity index (χ1n) is 21.9. The summed E-state index contributed by atoms with van der Waals surface area (Å²) in [6.45, 7) is 19.9. The van der Waals surface area contributed by atoms with Crippen molar-refractivity contribution < 1.29 is 23.9 Å². The van der Waals surface area contributed by atoms with E-state index >= 15 is 0 Å². The Morgan fingerprint density at radius 1 is 0.908 bits per heavy atom. The first-order chi connectivity index (χ1) is 31.7. The number of nitrogen functional groups attached to an aromatic ring is 1. The Morgan fingerprint density at radius 2 is 1.54 bits per heavy atom. The minimum atomic E-state index is 0.250. The Labute approximate surface area is 385 Å². The molecule has 0 atom stereocenters. The van der Waals surface area contributed by atoms with Crippen LogP contribution in [0.25, 0.3) is 33.5 Å². The molecule has 5 rings (SSSR count). The minimum Gasteiger partial charge on any atom is -0.495 e. The van der Waals surface area contributed by atoms with Gasteiger partial charge in [0.2, 0.25) is 6.41 Å². The van der Waals surface area contributed by atoms with Gasteiger partial charge in [0.05, 0.1) is 36.3 Å². The molecular weight excluding hydrogens is 827 g/mol. The Bertz CT molecular complexity index is 2250. The second kappa shape index (κ2) is 33.9. The zero-order valence-corrected chi connectivity index (χ0v) is 40.6. The molecule has 65 heavy (non-hydrogen) atoms. The number of aromatic nitrogens is 5. The van der Waals surface area contributed by atoms with Crippen LogP contribution in [0.3, 0.4) is 0 Å². The summed E-state index contributed by atoms with van der Waals surface area (Å²) in [5.74, 6) is 1.65. The molecule has 358 valence electrons. The van der Waals surface area contributed by atoms with Crippen molar-refractivity contribution in [2.24, 2.45) is 22.3 Å². The van der Waals surface area contributed by atoms with Crippen molar-refractivity contribution >= 4 is 58.0 Å². The molecule has 2 aromatic carbocycles. The standard InChI is InChI=1S/C40H50N10O4.2C2H6.CH3NO.2CH5N/c1-7-44-46-27(3)13-11-16-48(38-33(41)21-30(26-52)23-36(38)54-18-12-14-42-5)15-9-10-17-49-37-31(20-29(25-51)22-35(37)53-6)32-24-43-39(45-40(32)49)34-19-28(4)47-50(34)8-2;2*1-2;2-1-3;2*1-2/h9-11,13,19-26,42,44H,7-8,12,14-18,41H2,1-6H3;2*1-2H3;1H,(H2,2,3);2*2H2,1H3/b10-9+,13-11+,46-27-;;;;;. The number of anilines is 2. The van der Waals surface area contributed by atoms with Crippen LogP contribution in [0.5, 0.6) is 11.5 Å². The number of carbonyl (C=O) groups is 3. The number of nitrogens with zero attached hydrogens (tertiary/aromatic N) is 7. The van der Waals surface area contributed by atoms with Gasteiger partial charge in [-0.2, -0.15) is 10.2 Å². The largest absolute Gasteiger partial charge is 0.495 e. The number of amides is 1. The summed E-state index contributed by atoms with van der Waals surface area (Å²) in [7, 11) is 6.49. The van der Waals surface area contributed by atoms with Crippen molar-refractivity contribution in [3.63, 3.8) is 0 Å². The van der Waals surface area contributed by atoms with Gasteiger partial charge in [-0.05, 0) is 98.2 Å². The maximum Gasteiger partial charge on any atom is 0.204 e. The molecule has 0 aliphatic carbocycles. The Kier molecular flexibility index (Phi) is 30.4. The molecule has 5 aromatic rings. The number of aldehydes is 2. The number of hydrazone groups is 1. The van der Waals surface area contributed by atoms with Gasteiger partial charge in [0.1, 0.15) is 41.1 Å². The van der Waals surface area contributed by atoms with Crippen molar-refractivity contribution in [3.05, 3.63) is 77.7 Å². The molecule has 0 saturated carbocycles. The Morgan fingerprint density at radius 3 is 2.14 bits per heavy atom. The fourth-order valence-corrected chi connectivity index (χ4v) is 6.31. The predicted octanol–water partition coefficient (Wildman–Crippen LogP) is 5.89. The van der Waals surface area contributed by atoms with Crippen LogP contribution >= 0.6 is 0 Å². The van der Waals surface area contributed by atoms with Gasteiger partial charge >= 0.3 is 0 Å². The van der Waals surface area contributed by atoms with Crippen LogP contribution in [0.1, 0.15) is 81.3 Å². The number of fused-ring (bicyclic) bond motifs is 3. The second-order valence-corrected chi connectivity index (χ2v) is 12.8. The highest BCUT2D eigenvalue weighted by atomic mass is 16.5. The Balaban J connectivity index is 0.00000344. The first kappa shape index (κ1) is 58.4. The van der Waals surface area contributed by atoms with Crippen LogP contribution in [-0.2, 0) is 17.9 Å². The molecule has 3 heterocycles. The number of rotatable bonds is 20. The lowest BCUT2D eigenvalue weighted by molar-refractivity contribution is -0.106. The minimum absolute atomic E-state index is 0.250. The molecule has 0 spiro atoms. The molecule has 0 fully saturated rings. The van der Waals surface area contributed by atoms with E-state index < -0.39 is 0 Å². The van der Waals surface area contributed by atoms with Crippen molar-refractivity contribution in [1.82, 2.24) is 35.1 Å². The molecular formula is C47H75N13O5. The van der Waals surface area contributed by atoms with E-state index in [2.05, 4.69) is 59.8 Å². The summed E-state index contributed by atoms with van der Waals surface area (Å²) in [4.78, 5) is 44.2. The summed E-state index contributed by atoms with van der Waals surface area (Å²) in [5, 5.41) is 13.7. The van der Waals surface area contributed by atoms with Crippen molar-refractivity contribution in [2.45, 2.75) is 74.9 Å². The van der Waals surface area contributed by atoms with E-state index in [1.165, 1.54) is 14.1 Å². The van der Waals surface area contributed by atoms with E-state index in [0.29, 0.717) is 78.3 Å². The molecule has 0 radical (unpaired) electrons. The number of nitrogens with one attached hydrogen (secondary N) is 2. The highest BCUT2D eigenvalue weighted by Gasteiger charge is 2.20. The number of hydrogen-bond acceptors (Lipinski definition) is 15. The van der Waals surface area contributed by atoms with Crippen LogP contribution in [0, 0.1) is 6.92 Å². The molecule has 0 unspecified atom stereocenters. The lowest BCUT2D eigenvalue weighted by atomic mass is 10.1. The van der Waals surface area contributed by atoms with E-state index in [4.69, 9.17) is 30.0 Å². The molecule has 1 amide bonds. The van der Waals surface area contributed by atoms with Crippen molar-refractivity contribution in [1.29, 1.82) is 0 Å². The van der Waals surface area contributed by atoms with Gasteiger partial charge in [0, 0.05) is 60.8 Å². The topological polar surface area (TPSA) is 262 Å². The molecule has 18 nitrogen and oxygen atoms in total. The molecule has 0 aliphatic heterocycles. The maximum atomic E-state index is 11.9. The van der Waals surface area contributed by atoms with Gasteiger partial charge in [-0.1, -0.05) is 45.9 Å². The molecule has 10 N–H and O–H groups in total. The molecule has 0 aliphatic rings. The third-order valence-electron chi connectivity index (χ3n) is 8.76. The van der Waals surface area contributed by atoms with E-state index in [1.54, 1.807) is 31.5 Å². The van der Waals surface area contributed by atoms with Gasteiger partial charge in [-0.25, -0.2) is 9.97 Å². The number of ether oxygens (including phenoxy) is 2. The fourth-order valence-electron chi connectivity index (χ4n) is 6.31. The highest BCUT2D eigenvalue weighted by Crippen LogP contribution is 2.37. The first-order valence-corrected chi connectivity index (χ1v) is 21.9. The summed E-state index contributed by atoms with van der Waals surface area (Å²) < 4.78 is 16.0. The van der Waals surface area contributed by atoms with Crippen LogP contribution < -0.4 is 48.1 Å². The number of methoxy groups -OCH3 is 1. The van der Waals surface area contributed by atoms with Gasteiger partial charge in [-0.15, -0.1) is 0 Å². The second-order valence-electron chi connectivity index (χ2n) is 12.8. The summed E-state index contributed by atoms with van der Waals surface area (Å²) >= 11 is 0. The SMILES string of the molecule is CC.CC.CCN/N=C(C)\C=C\CN(C/C=C/Cn1c2nc(-c3cc(C)nn3CC)ncc2c2cc(C=O)cc(OC)c21)c1c(N)cc(C=O)cc1OCCCNC.CN.CN.NC=O. The van der Waals surface area contributed by atoms with Gasteiger partial charge in [-0.3, -0.25) is 19.1 Å². The lowest BCUT2D eigenvalue weighted by Crippen LogP contribution is -2.26. The van der Waals surface area contributed by atoms with Gasteiger partial charge in [0.25, 0.3) is 0 Å². The fraction of sp³-hybridized carbons (Fsp3) is 0.426. The van der Waals surface area contributed by atoms with E-state index in [1.807, 2.05) is 91.4 Å². The Hall–Kier alpha value is -6.63. The number of primary amides is 1. The smallest absolute Gasteiger partial charge is 0.204 e. The number of hydrogen-bond donors (Lipinski definition) is 6. The predicted molar refractivity (Wildman–Crippen MR) is 269 cm³/mol. The van der Waals surface area contributed by atoms with E-state index in [-0.39, 0.29) is 6.41 Å². The lowest BCUT2D eigenvalue weighted by Gasteiger charge is -2.26. The monoisotopic (exact) mass is 902 g/mol. The van der Waals surface area contributed by atoms with Crippen LogP contribution in [0.15, 0.2) is 65.9 Å². The number of nitrogens with two attached hydrogens (primary N) is 4. The van der Waals surface area contributed by atoms with Crippen LogP contribution in [-0.4, -0.2) is 110 Å². The summed E-state index contributed by atoms with van der Waals surface area (Å²) in [6, 6.07) is 8.96. The van der Waals surface area contributed by atoms with E-state index in [0.717, 1.165) is 65.5 Å². The number of benzene rings is 2. The van der Waals surface area contributed by atoms with Gasteiger partial charge in [0.15, 0.2) is 5.82 Å². The summed E-state index contributed by atoms with van der Waals surface area (Å²) in [6.07, 6.45) is 12.5. The van der Waals surface area contributed by atoms with Gasteiger partial charge < -0.3 is 52.6 Å². The normalized spacial score (nSPS) is 10.5. The molecule has 18 heteroatoms. The maximum absolute atomic E-state index is 11.9. The van der Waals surface area contributed by atoms with Crippen molar-refractivity contribution in [2.75, 3.05) is 71.7 Å². The molecule has 3 aromatic heterocycles. The molecule has 0 bridgehead atoms. The average Bonchev–Trinajstić information content (AvgIpc) is 3.89. The third-order valence-corrected chi connectivity index (χ3v) is 8.76. The third kappa shape index (κ3) is 17.1. The summed E-state index contributed by atoms with van der Waals surface area (Å²) in [5.41, 5.74) is 28.9. The highest BCUT2D eigenvalue weighted by molar-refractivity contribution is 6.10. The molecule has 0 saturated heterocycles. The van der Waals surface area contributed by atoms with E-state index in [9.17, 15) is 9.59 Å². The number of aryl methyl sites for hydroxylation is 2. The van der Waals surface area contributed by atoms with Crippen LogP contribution in [0.2, 0.25) is 0 Å². The average molecular weight is 902 g/mol. The number of allylic oxidation sites excluding steroid dienone is 2. The zero-order chi connectivity index (χ0) is 49.3. The van der Waals surface area contributed by atoms with Crippen molar-refractivity contribution in [3.8, 4) is 23.0 Å². The van der Waals surface area contributed by atoms with Crippen LogP contribution in [0.4, 0.5) is 11.4 Å². The quantitative estimate of drug-likeness (QED) is 0.0133. The zero-order valence-electron chi connectivity index (χ0n) is 40.6.